The maximum Gasteiger partial charge on any atom is 0.315 e. The van der Waals surface area contributed by atoms with Gasteiger partial charge in [-0.05, 0) is 19.1 Å². The fraction of sp³-hybridized carbons (Fsp3) is 0.444. The van der Waals surface area contributed by atoms with Crippen LogP contribution in [0.15, 0.2) is 24.3 Å². The molecule has 0 unspecified atom stereocenters. The molecular weight excluding hydrogens is 342 g/mol. The minimum absolute atomic E-state index is 0.150. The molecule has 1 heterocycles. The summed E-state index contributed by atoms with van der Waals surface area (Å²) in [6.45, 7) is 3.02. The van der Waals surface area contributed by atoms with Crippen LogP contribution in [-0.2, 0) is 14.3 Å². The van der Waals surface area contributed by atoms with Gasteiger partial charge in [-0.1, -0.05) is 18.1 Å². The molecule has 1 atom stereocenters. The van der Waals surface area contributed by atoms with Crippen molar-refractivity contribution >= 4 is 23.6 Å². The van der Waals surface area contributed by atoms with Gasteiger partial charge in [0.1, 0.15) is 25.0 Å². The van der Waals surface area contributed by atoms with Crippen LogP contribution in [0.4, 0.5) is 0 Å². The summed E-state index contributed by atoms with van der Waals surface area (Å²) in [6.07, 6.45) is 4.97. The number of terminal acetylenes is 1. The zero-order chi connectivity index (χ0) is 18.1. The molecule has 1 fully saturated rings. The number of hydrogen-bond acceptors (Lipinski definition) is 6. The predicted octanol–water partition coefficient (Wildman–Crippen LogP) is 1.93. The van der Waals surface area contributed by atoms with Crippen LogP contribution < -0.4 is 9.47 Å². The number of benzene rings is 1. The molecule has 1 saturated heterocycles. The second-order valence-corrected chi connectivity index (χ2v) is 6.43. The molecule has 0 N–H and O–H groups in total. The molecule has 1 aromatic carbocycles. The van der Waals surface area contributed by atoms with Crippen LogP contribution in [-0.4, -0.2) is 54.3 Å². The fourth-order valence-corrected chi connectivity index (χ4v) is 3.49. The molecule has 1 aromatic rings. The van der Waals surface area contributed by atoms with Gasteiger partial charge in [-0.3, -0.25) is 9.59 Å². The maximum atomic E-state index is 12.3. The van der Waals surface area contributed by atoms with Crippen molar-refractivity contribution in [3.8, 4) is 23.8 Å². The summed E-state index contributed by atoms with van der Waals surface area (Å²) in [4.78, 5) is 25.4. The minimum Gasteiger partial charge on any atom is -0.487 e. The Bertz CT molecular complexity index is 643. The number of nitrogens with zero attached hydrogens (tertiary/aromatic N) is 1. The van der Waals surface area contributed by atoms with E-state index in [2.05, 4.69) is 5.92 Å². The zero-order valence-electron chi connectivity index (χ0n) is 14.1. The third-order valence-corrected chi connectivity index (χ3v) is 4.65. The van der Waals surface area contributed by atoms with E-state index in [-0.39, 0.29) is 30.9 Å². The van der Waals surface area contributed by atoms with Gasteiger partial charge in [-0.25, -0.2) is 0 Å². The summed E-state index contributed by atoms with van der Waals surface area (Å²) in [5, 5.41) is -0.150. The Morgan fingerprint density at radius 3 is 2.72 bits per heavy atom. The van der Waals surface area contributed by atoms with E-state index in [1.807, 2.05) is 12.1 Å². The molecule has 0 saturated carbocycles. The minimum atomic E-state index is -0.503. The van der Waals surface area contributed by atoms with Gasteiger partial charge in [0.25, 0.3) is 0 Å². The van der Waals surface area contributed by atoms with E-state index < -0.39 is 5.97 Å². The summed E-state index contributed by atoms with van der Waals surface area (Å²) < 4.78 is 16.1. The van der Waals surface area contributed by atoms with E-state index in [4.69, 9.17) is 20.6 Å². The van der Waals surface area contributed by atoms with Crippen molar-refractivity contribution < 1.29 is 23.8 Å². The largest absolute Gasteiger partial charge is 0.487 e. The number of esters is 1. The lowest BCUT2D eigenvalue weighted by Crippen LogP contribution is -2.39. The molecule has 134 valence electrons. The quantitative estimate of drug-likeness (QED) is 0.399. The summed E-state index contributed by atoms with van der Waals surface area (Å²) in [6, 6.07) is 7.23. The van der Waals surface area contributed by atoms with E-state index in [1.165, 1.54) is 0 Å². The third-order valence-electron chi connectivity index (χ3n) is 3.45. The Labute approximate surface area is 151 Å². The molecule has 1 aliphatic heterocycles. The van der Waals surface area contributed by atoms with Gasteiger partial charge in [-0.15, -0.1) is 18.2 Å². The SMILES string of the molecule is C#CCOc1ccccc1OC[C@H]1SCCN1C(=O)CC(=O)OCC. The molecule has 0 aliphatic carbocycles. The Morgan fingerprint density at radius 2 is 2.04 bits per heavy atom. The van der Waals surface area contributed by atoms with Gasteiger partial charge >= 0.3 is 5.97 Å². The predicted molar refractivity (Wildman–Crippen MR) is 95.5 cm³/mol. The summed E-state index contributed by atoms with van der Waals surface area (Å²) >= 11 is 1.62. The molecule has 0 bridgehead atoms. The van der Waals surface area contributed by atoms with Crippen LogP contribution in [0.5, 0.6) is 11.5 Å². The standard InChI is InChI=1S/C18H21NO5S/c1-3-10-23-14-7-5-6-8-15(14)24-13-17-19(9-11-25-17)16(20)12-18(21)22-4-2/h1,5-8,17H,4,9-13H2,2H3/t17-/m1/s1. The van der Waals surface area contributed by atoms with Crippen LogP contribution in [0, 0.1) is 12.3 Å². The van der Waals surface area contributed by atoms with Crippen molar-refractivity contribution in [3.63, 3.8) is 0 Å². The van der Waals surface area contributed by atoms with Crippen molar-refractivity contribution in [2.45, 2.75) is 18.7 Å². The molecule has 0 spiro atoms. The van der Waals surface area contributed by atoms with Crippen LogP contribution in [0.1, 0.15) is 13.3 Å². The molecule has 1 amide bonds. The molecule has 0 radical (unpaired) electrons. The first kappa shape index (κ1) is 19.0. The third kappa shape index (κ3) is 5.61. The number of carbonyl (C=O) groups is 2. The van der Waals surface area contributed by atoms with Crippen LogP contribution in [0.25, 0.3) is 0 Å². The highest BCUT2D eigenvalue weighted by Crippen LogP contribution is 2.29. The molecule has 1 aliphatic rings. The molecule has 7 heteroatoms. The highest BCUT2D eigenvalue weighted by atomic mass is 32.2. The first-order chi connectivity index (χ1) is 12.2. The lowest BCUT2D eigenvalue weighted by atomic mass is 10.3. The van der Waals surface area contributed by atoms with Gasteiger partial charge in [0.2, 0.25) is 5.91 Å². The van der Waals surface area contributed by atoms with Crippen molar-refractivity contribution in [2.75, 3.05) is 32.1 Å². The van der Waals surface area contributed by atoms with Gasteiger partial charge in [0, 0.05) is 12.3 Å². The van der Waals surface area contributed by atoms with Gasteiger partial charge in [-0.2, -0.15) is 0 Å². The Hall–Kier alpha value is -2.33. The Kier molecular flexibility index (Phi) is 7.48. The monoisotopic (exact) mass is 363 g/mol. The van der Waals surface area contributed by atoms with Crippen molar-refractivity contribution in [1.82, 2.24) is 4.90 Å². The number of amides is 1. The number of rotatable bonds is 8. The summed E-state index contributed by atoms with van der Waals surface area (Å²) in [5.74, 6) is 3.61. The van der Waals surface area contributed by atoms with Crippen LogP contribution in [0.2, 0.25) is 0 Å². The number of carbonyl (C=O) groups excluding carboxylic acids is 2. The van der Waals surface area contributed by atoms with Gasteiger partial charge in [0.15, 0.2) is 11.5 Å². The van der Waals surface area contributed by atoms with Crippen molar-refractivity contribution in [3.05, 3.63) is 24.3 Å². The van der Waals surface area contributed by atoms with Gasteiger partial charge in [0.05, 0.1) is 6.61 Å². The lowest BCUT2D eigenvalue weighted by Gasteiger charge is -2.24. The fourth-order valence-electron chi connectivity index (χ4n) is 2.35. The smallest absolute Gasteiger partial charge is 0.315 e. The van der Waals surface area contributed by atoms with Crippen molar-refractivity contribution in [1.29, 1.82) is 0 Å². The number of ether oxygens (including phenoxy) is 3. The second kappa shape index (κ2) is 9.84. The Balaban J connectivity index is 1.92. The first-order valence-corrected chi connectivity index (χ1v) is 9.05. The van der Waals surface area contributed by atoms with E-state index >= 15 is 0 Å². The average molecular weight is 363 g/mol. The second-order valence-electron chi connectivity index (χ2n) is 5.14. The molecule has 2 rings (SSSR count). The molecule has 25 heavy (non-hydrogen) atoms. The highest BCUT2D eigenvalue weighted by molar-refractivity contribution is 8.00. The van der Waals surface area contributed by atoms with E-state index in [1.54, 1.807) is 35.7 Å². The van der Waals surface area contributed by atoms with Crippen molar-refractivity contribution in [2.24, 2.45) is 0 Å². The number of thioether (sulfide) groups is 1. The van der Waals surface area contributed by atoms with E-state index in [0.717, 1.165) is 5.75 Å². The number of para-hydroxylation sites is 2. The normalized spacial score (nSPS) is 16.2. The molecule has 0 aromatic heterocycles. The van der Waals surface area contributed by atoms with Crippen LogP contribution >= 0.6 is 11.8 Å². The number of hydrogen-bond donors (Lipinski definition) is 0. The molecule has 6 nitrogen and oxygen atoms in total. The zero-order valence-corrected chi connectivity index (χ0v) is 14.9. The first-order valence-electron chi connectivity index (χ1n) is 8.00. The maximum absolute atomic E-state index is 12.3. The average Bonchev–Trinajstić information content (AvgIpc) is 3.07. The Morgan fingerprint density at radius 1 is 1.32 bits per heavy atom. The van der Waals surface area contributed by atoms with E-state index in [0.29, 0.717) is 24.7 Å². The summed E-state index contributed by atoms with van der Waals surface area (Å²) in [5.41, 5.74) is 0. The van der Waals surface area contributed by atoms with E-state index in [9.17, 15) is 9.59 Å². The lowest BCUT2D eigenvalue weighted by molar-refractivity contribution is -0.148. The van der Waals surface area contributed by atoms with Crippen LogP contribution in [0.3, 0.4) is 0 Å². The topological polar surface area (TPSA) is 65.1 Å². The molecular formula is C18H21NO5S. The van der Waals surface area contributed by atoms with Gasteiger partial charge < -0.3 is 19.1 Å². The summed E-state index contributed by atoms with van der Waals surface area (Å²) in [7, 11) is 0. The highest BCUT2D eigenvalue weighted by Gasteiger charge is 2.31.